The number of benzene rings is 2. The Labute approximate surface area is 143 Å². The standard InChI is InChI=1S/C20H23N3O/c24-20-21-19-9-5-4-8-17(19)15-23(20)18-10-12-22(13-11-18)14-16-6-2-1-3-7-16/h1-9,18H,10-15H2,(H,21,24). The zero-order valence-corrected chi connectivity index (χ0v) is 13.8. The van der Waals surface area contributed by atoms with Gasteiger partial charge in [-0.25, -0.2) is 4.79 Å². The molecule has 1 N–H and O–H groups in total. The van der Waals surface area contributed by atoms with Gasteiger partial charge in [0.2, 0.25) is 0 Å². The summed E-state index contributed by atoms with van der Waals surface area (Å²) < 4.78 is 0. The number of carbonyl (C=O) groups is 1. The molecule has 4 heteroatoms. The zero-order valence-electron chi connectivity index (χ0n) is 13.8. The second-order valence-corrected chi connectivity index (χ2v) is 6.71. The van der Waals surface area contributed by atoms with Gasteiger partial charge < -0.3 is 10.2 Å². The molecule has 0 saturated carbocycles. The molecular weight excluding hydrogens is 298 g/mol. The van der Waals surface area contributed by atoms with Crippen molar-refractivity contribution < 1.29 is 4.79 Å². The molecule has 24 heavy (non-hydrogen) atoms. The van der Waals surface area contributed by atoms with Gasteiger partial charge in [-0.1, -0.05) is 48.5 Å². The summed E-state index contributed by atoms with van der Waals surface area (Å²) in [4.78, 5) is 16.9. The first-order valence-corrected chi connectivity index (χ1v) is 8.71. The van der Waals surface area contributed by atoms with Crippen molar-refractivity contribution in [1.82, 2.24) is 9.80 Å². The van der Waals surface area contributed by atoms with E-state index < -0.39 is 0 Å². The van der Waals surface area contributed by atoms with E-state index in [0.29, 0.717) is 6.04 Å². The van der Waals surface area contributed by atoms with Crippen molar-refractivity contribution in [2.45, 2.75) is 32.0 Å². The Morgan fingerprint density at radius 1 is 0.958 bits per heavy atom. The molecule has 2 heterocycles. The van der Waals surface area contributed by atoms with Crippen LogP contribution in [0.3, 0.4) is 0 Å². The van der Waals surface area contributed by atoms with E-state index in [4.69, 9.17) is 0 Å². The maximum Gasteiger partial charge on any atom is 0.322 e. The molecule has 2 aliphatic heterocycles. The number of carbonyl (C=O) groups excluding carboxylic acids is 1. The second kappa shape index (κ2) is 6.65. The number of rotatable bonds is 3. The number of likely N-dealkylation sites (tertiary alicyclic amines) is 1. The smallest absolute Gasteiger partial charge is 0.317 e. The molecule has 0 unspecified atom stereocenters. The first-order chi connectivity index (χ1) is 11.8. The van der Waals surface area contributed by atoms with E-state index in [0.717, 1.165) is 44.7 Å². The SMILES string of the molecule is O=C1Nc2ccccc2CN1C1CCN(Cc2ccccc2)CC1. The van der Waals surface area contributed by atoms with E-state index in [1.807, 2.05) is 23.1 Å². The molecular formula is C20H23N3O. The number of para-hydroxylation sites is 1. The first kappa shape index (κ1) is 15.2. The molecule has 0 aliphatic carbocycles. The monoisotopic (exact) mass is 321 g/mol. The van der Waals surface area contributed by atoms with Gasteiger partial charge in [0, 0.05) is 37.9 Å². The van der Waals surface area contributed by atoms with Gasteiger partial charge in [-0.3, -0.25) is 4.90 Å². The lowest BCUT2D eigenvalue weighted by Gasteiger charge is -2.40. The van der Waals surface area contributed by atoms with Crippen LogP contribution in [-0.2, 0) is 13.1 Å². The predicted molar refractivity (Wildman–Crippen MR) is 95.7 cm³/mol. The van der Waals surface area contributed by atoms with E-state index in [9.17, 15) is 4.79 Å². The van der Waals surface area contributed by atoms with Crippen molar-refractivity contribution in [1.29, 1.82) is 0 Å². The van der Waals surface area contributed by atoms with Crippen molar-refractivity contribution in [3.63, 3.8) is 0 Å². The summed E-state index contributed by atoms with van der Waals surface area (Å²) in [6, 6.07) is 19.1. The summed E-state index contributed by atoms with van der Waals surface area (Å²) in [6.45, 7) is 3.82. The fourth-order valence-electron chi connectivity index (χ4n) is 3.75. The number of nitrogens with one attached hydrogen (secondary N) is 1. The Kier molecular flexibility index (Phi) is 4.22. The van der Waals surface area contributed by atoms with E-state index in [1.54, 1.807) is 0 Å². The number of urea groups is 1. The highest BCUT2D eigenvalue weighted by molar-refractivity contribution is 5.92. The topological polar surface area (TPSA) is 35.6 Å². The highest BCUT2D eigenvalue weighted by Crippen LogP contribution is 2.27. The van der Waals surface area contributed by atoms with Crippen LogP contribution in [0, 0.1) is 0 Å². The molecule has 1 fully saturated rings. The third-order valence-electron chi connectivity index (χ3n) is 5.11. The predicted octanol–water partition coefficient (Wildman–Crippen LogP) is 3.70. The van der Waals surface area contributed by atoms with Crippen LogP contribution in [0.5, 0.6) is 0 Å². The molecule has 2 aromatic rings. The molecule has 0 atom stereocenters. The molecule has 1 saturated heterocycles. The van der Waals surface area contributed by atoms with Crippen LogP contribution >= 0.6 is 0 Å². The summed E-state index contributed by atoms with van der Waals surface area (Å²) >= 11 is 0. The number of hydrogen-bond acceptors (Lipinski definition) is 2. The van der Waals surface area contributed by atoms with Gasteiger partial charge in [-0.2, -0.15) is 0 Å². The van der Waals surface area contributed by atoms with Crippen LogP contribution in [0.4, 0.5) is 10.5 Å². The second-order valence-electron chi connectivity index (χ2n) is 6.71. The van der Waals surface area contributed by atoms with E-state index in [1.165, 1.54) is 11.1 Å². The van der Waals surface area contributed by atoms with Gasteiger partial charge in [0.1, 0.15) is 0 Å². The minimum Gasteiger partial charge on any atom is -0.317 e. The van der Waals surface area contributed by atoms with Crippen LogP contribution in [-0.4, -0.2) is 35.0 Å². The molecule has 124 valence electrons. The molecule has 4 rings (SSSR count). The normalized spacial score (nSPS) is 19.0. The molecule has 0 bridgehead atoms. The Balaban J connectivity index is 1.37. The maximum absolute atomic E-state index is 12.4. The maximum atomic E-state index is 12.4. The Morgan fingerprint density at radius 3 is 2.46 bits per heavy atom. The van der Waals surface area contributed by atoms with Crippen LogP contribution in [0.25, 0.3) is 0 Å². The largest absolute Gasteiger partial charge is 0.322 e. The van der Waals surface area contributed by atoms with Crippen molar-refractivity contribution >= 4 is 11.7 Å². The minimum atomic E-state index is 0.0511. The molecule has 0 spiro atoms. The summed E-state index contributed by atoms with van der Waals surface area (Å²) in [5.74, 6) is 0. The fourth-order valence-corrected chi connectivity index (χ4v) is 3.75. The number of nitrogens with zero attached hydrogens (tertiary/aromatic N) is 2. The van der Waals surface area contributed by atoms with Crippen LogP contribution in [0.2, 0.25) is 0 Å². The lowest BCUT2D eigenvalue weighted by atomic mass is 10.0. The Bertz CT molecular complexity index is 708. The number of hydrogen-bond donors (Lipinski definition) is 1. The van der Waals surface area contributed by atoms with Gasteiger partial charge in [-0.15, -0.1) is 0 Å². The minimum absolute atomic E-state index is 0.0511. The lowest BCUT2D eigenvalue weighted by Crippen LogP contribution is -2.49. The molecule has 2 aliphatic rings. The number of piperidine rings is 1. The van der Waals surface area contributed by atoms with E-state index >= 15 is 0 Å². The van der Waals surface area contributed by atoms with Crippen molar-refractivity contribution in [3.8, 4) is 0 Å². The first-order valence-electron chi connectivity index (χ1n) is 8.71. The summed E-state index contributed by atoms with van der Waals surface area (Å²) in [6.07, 6.45) is 2.09. The lowest BCUT2D eigenvalue weighted by molar-refractivity contribution is 0.118. The van der Waals surface area contributed by atoms with E-state index in [2.05, 4.69) is 46.6 Å². The van der Waals surface area contributed by atoms with Crippen LogP contribution in [0.1, 0.15) is 24.0 Å². The van der Waals surface area contributed by atoms with E-state index in [-0.39, 0.29) is 6.03 Å². The zero-order chi connectivity index (χ0) is 16.4. The van der Waals surface area contributed by atoms with Crippen molar-refractivity contribution in [2.75, 3.05) is 18.4 Å². The number of fused-ring (bicyclic) bond motifs is 1. The number of amides is 2. The molecule has 0 aromatic heterocycles. The van der Waals surface area contributed by atoms with Crippen molar-refractivity contribution in [2.24, 2.45) is 0 Å². The third kappa shape index (κ3) is 3.15. The average Bonchev–Trinajstić information content (AvgIpc) is 2.63. The average molecular weight is 321 g/mol. The highest BCUT2D eigenvalue weighted by atomic mass is 16.2. The molecule has 4 nitrogen and oxygen atoms in total. The number of anilines is 1. The van der Waals surface area contributed by atoms with Gasteiger partial charge in [0.05, 0.1) is 0 Å². The van der Waals surface area contributed by atoms with Gasteiger partial charge in [0.15, 0.2) is 0 Å². The van der Waals surface area contributed by atoms with Crippen molar-refractivity contribution in [3.05, 3.63) is 65.7 Å². The van der Waals surface area contributed by atoms with Gasteiger partial charge in [0.25, 0.3) is 0 Å². The Morgan fingerprint density at radius 2 is 1.67 bits per heavy atom. The summed E-state index contributed by atoms with van der Waals surface area (Å²) in [7, 11) is 0. The summed E-state index contributed by atoms with van der Waals surface area (Å²) in [5, 5.41) is 3.03. The molecule has 0 radical (unpaired) electrons. The van der Waals surface area contributed by atoms with Gasteiger partial charge >= 0.3 is 6.03 Å². The molecule has 2 amide bonds. The highest BCUT2D eigenvalue weighted by Gasteiger charge is 2.31. The van der Waals surface area contributed by atoms with Crippen LogP contribution < -0.4 is 5.32 Å². The quantitative estimate of drug-likeness (QED) is 0.935. The Hall–Kier alpha value is -2.33. The fraction of sp³-hybridized carbons (Fsp3) is 0.350. The third-order valence-corrected chi connectivity index (χ3v) is 5.11. The van der Waals surface area contributed by atoms with Crippen LogP contribution in [0.15, 0.2) is 54.6 Å². The molecule has 2 aromatic carbocycles. The van der Waals surface area contributed by atoms with Gasteiger partial charge in [-0.05, 0) is 30.0 Å². The summed E-state index contributed by atoms with van der Waals surface area (Å²) in [5.41, 5.74) is 3.53.